The van der Waals surface area contributed by atoms with Crippen molar-refractivity contribution in [2.24, 2.45) is 29.1 Å². The molecule has 1 saturated heterocycles. The zero-order valence-corrected chi connectivity index (χ0v) is 19.8. The molecule has 0 aromatic carbocycles. The Hall–Kier alpha value is -0.950. The summed E-state index contributed by atoms with van der Waals surface area (Å²) < 4.78 is 12.0. The molecule has 5 rings (SSSR count). The molecule has 4 fully saturated rings. The van der Waals surface area contributed by atoms with Gasteiger partial charge in [0.2, 0.25) is 0 Å². The number of aliphatic carboxylic acids is 1. The minimum absolute atomic E-state index is 0.0457. The third kappa shape index (κ3) is 3.24. The molecule has 1 heterocycles. The highest BCUT2D eigenvalue weighted by Crippen LogP contribution is 2.66. The Morgan fingerprint density at radius 1 is 1.19 bits per heavy atom. The number of hydrogen-bond acceptors (Lipinski definition) is 4. The van der Waals surface area contributed by atoms with Gasteiger partial charge in [0.1, 0.15) is 4.48 Å². The van der Waals surface area contributed by atoms with Gasteiger partial charge in [-0.1, -0.05) is 25.2 Å². The summed E-state index contributed by atoms with van der Waals surface area (Å²) in [6.45, 7) is 7.75. The van der Waals surface area contributed by atoms with Crippen molar-refractivity contribution in [3.05, 3.63) is 34.4 Å². The summed E-state index contributed by atoms with van der Waals surface area (Å²) in [5.74, 6) is 0.864. The summed E-state index contributed by atoms with van der Waals surface area (Å²) in [5, 5.41) is 21.0. The van der Waals surface area contributed by atoms with E-state index in [0.29, 0.717) is 48.9 Å². The second-order valence-electron chi connectivity index (χ2n) is 10.6. The minimum atomic E-state index is -1.05. The van der Waals surface area contributed by atoms with Crippen molar-refractivity contribution in [3.8, 4) is 0 Å². The van der Waals surface area contributed by atoms with Crippen LogP contribution in [0.4, 0.5) is 0 Å². The number of ether oxygens (including phenoxy) is 2. The lowest BCUT2D eigenvalue weighted by Crippen LogP contribution is -2.53. The van der Waals surface area contributed by atoms with E-state index in [4.69, 9.17) is 9.47 Å². The van der Waals surface area contributed by atoms with E-state index in [9.17, 15) is 15.0 Å². The fourth-order valence-electron chi connectivity index (χ4n) is 7.87. The molecule has 6 heteroatoms. The van der Waals surface area contributed by atoms with E-state index in [0.717, 1.165) is 44.9 Å². The summed E-state index contributed by atoms with van der Waals surface area (Å²) >= 11 is 3.10. The van der Waals surface area contributed by atoms with E-state index in [-0.39, 0.29) is 15.7 Å². The predicted octanol–water partition coefficient (Wildman–Crippen LogP) is 4.95. The van der Waals surface area contributed by atoms with Gasteiger partial charge < -0.3 is 19.7 Å². The van der Waals surface area contributed by atoms with Crippen LogP contribution in [0.3, 0.4) is 0 Å². The van der Waals surface area contributed by atoms with Crippen molar-refractivity contribution in [1.82, 2.24) is 0 Å². The van der Waals surface area contributed by atoms with Gasteiger partial charge in [-0.05, 0) is 89.8 Å². The molecule has 0 unspecified atom stereocenters. The third-order valence-electron chi connectivity index (χ3n) is 9.45. The standard InChI is InChI=1S/C25H33BrO5/c1-15(13-21(26)22(27)28)25(29)10-7-20-19-4-3-16-14-24(30-11-12-31-24)9-6-17(16)18(19)5-8-23(20,25)2/h3,13,17-20,29H,1,4-12,14H2,2H3,(H,27,28)/t17-,18+,19+,20-,23-,25+/m0/s1. The van der Waals surface area contributed by atoms with E-state index in [2.05, 4.69) is 35.5 Å². The molecule has 5 aliphatic rings. The molecule has 4 aliphatic carbocycles. The molecular weight excluding hydrogens is 460 g/mol. The Morgan fingerprint density at radius 3 is 2.65 bits per heavy atom. The fraction of sp³-hybridized carbons (Fsp3) is 0.720. The fourth-order valence-corrected chi connectivity index (χ4v) is 8.14. The Labute approximate surface area is 192 Å². The summed E-state index contributed by atoms with van der Waals surface area (Å²) in [7, 11) is 0. The van der Waals surface area contributed by atoms with E-state index < -0.39 is 11.6 Å². The highest BCUT2D eigenvalue weighted by atomic mass is 79.9. The number of rotatable bonds is 3. The van der Waals surface area contributed by atoms with Crippen LogP contribution in [0, 0.1) is 29.1 Å². The second kappa shape index (κ2) is 7.54. The van der Waals surface area contributed by atoms with Gasteiger partial charge in [-0.15, -0.1) is 0 Å². The van der Waals surface area contributed by atoms with Crippen LogP contribution in [-0.2, 0) is 14.3 Å². The first-order valence-corrected chi connectivity index (χ1v) is 12.5. The molecule has 6 atom stereocenters. The first-order valence-electron chi connectivity index (χ1n) is 11.7. The van der Waals surface area contributed by atoms with Crippen molar-refractivity contribution in [3.63, 3.8) is 0 Å². The largest absolute Gasteiger partial charge is 0.477 e. The van der Waals surface area contributed by atoms with Crippen molar-refractivity contribution in [2.75, 3.05) is 13.2 Å². The van der Waals surface area contributed by atoms with Crippen LogP contribution in [0.15, 0.2) is 34.4 Å². The first kappa shape index (κ1) is 21.9. The molecule has 0 aromatic heterocycles. The normalized spacial score (nSPS) is 43.7. The lowest BCUT2D eigenvalue weighted by Gasteiger charge is -2.56. The summed E-state index contributed by atoms with van der Waals surface area (Å²) in [6.07, 6.45) is 11.7. The number of carboxylic acid groups (broad SMARTS) is 1. The highest BCUT2D eigenvalue weighted by molar-refractivity contribution is 9.12. The smallest absolute Gasteiger partial charge is 0.342 e. The maximum atomic E-state index is 11.8. The van der Waals surface area contributed by atoms with Gasteiger partial charge in [0.05, 0.1) is 18.8 Å². The summed E-state index contributed by atoms with van der Waals surface area (Å²) in [5.41, 5.74) is 0.729. The number of halogens is 1. The number of hydrogen-bond donors (Lipinski definition) is 2. The first-order chi connectivity index (χ1) is 14.7. The molecule has 1 spiro atoms. The number of carboxylic acids is 1. The number of allylic oxidation sites excluding steroid dienone is 1. The Morgan fingerprint density at radius 2 is 1.94 bits per heavy atom. The van der Waals surface area contributed by atoms with Gasteiger partial charge in [-0.25, -0.2) is 4.79 Å². The molecule has 2 N–H and O–H groups in total. The summed E-state index contributed by atoms with van der Waals surface area (Å²) in [4.78, 5) is 11.3. The van der Waals surface area contributed by atoms with E-state index in [1.807, 2.05) is 0 Å². The Bertz CT molecular complexity index is 856. The van der Waals surface area contributed by atoms with Crippen LogP contribution in [0.5, 0.6) is 0 Å². The minimum Gasteiger partial charge on any atom is -0.477 e. The predicted molar refractivity (Wildman–Crippen MR) is 120 cm³/mol. The van der Waals surface area contributed by atoms with Crippen molar-refractivity contribution in [1.29, 1.82) is 0 Å². The van der Waals surface area contributed by atoms with Gasteiger partial charge in [0.25, 0.3) is 0 Å². The van der Waals surface area contributed by atoms with Gasteiger partial charge >= 0.3 is 5.97 Å². The Balaban J connectivity index is 1.39. The zero-order chi connectivity index (χ0) is 22.0. The number of carbonyl (C=O) groups is 1. The van der Waals surface area contributed by atoms with Gasteiger partial charge in [-0.2, -0.15) is 0 Å². The molecule has 1 aliphatic heterocycles. The molecule has 170 valence electrons. The molecule has 0 bridgehead atoms. The van der Waals surface area contributed by atoms with Crippen LogP contribution in [-0.4, -0.2) is 40.8 Å². The molecule has 0 amide bonds. The lowest BCUT2D eigenvalue weighted by molar-refractivity contribution is -0.177. The SMILES string of the molecule is C=C(C=C(Br)C(=O)O)[C@]1(O)CC[C@H]2[C@@H]3CC=C4CC5(CC[C@@H]4[C@H]3CC[C@@]21C)OCCO5. The third-order valence-corrected chi connectivity index (χ3v) is 10.0. The molecule has 0 radical (unpaired) electrons. The van der Waals surface area contributed by atoms with Crippen LogP contribution in [0.1, 0.15) is 58.3 Å². The maximum Gasteiger partial charge on any atom is 0.342 e. The van der Waals surface area contributed by atoms with Crippen molar-refractivity contribution in [2.45, 2.75) is 69.7 Å². The lowest BCUT2D eigenvalue weighted by atomic mass is 9.50. The average Bonchev–Trinajstić information content (AvgIpc) is 3.30. The zero-order valence-electron chi connectivity index (χ0n) is 18.2. The van der Waals surface area contributed by atoms with Gasteiger partial charge in [-0.3, -0.25) is 0 Å². The van der Waals surface area contributed by atoms with Crippen LogP contribution < -0.4 is 0 Å². The van der Waals surface area contributed by atoms with Gasteiger partial charge in [0.15, 0.2) is 5.79 Å². The van der Waals surface area contributed by atoms with Crippen LogP contribution in [0.25, 0.3) is 0 Å². The van der Waals surface area contributed by atoms with E-state index in [1.165, 1.54) is 11.6 Å². The number of aliphatic hydroxyl groups is 1. The van der Waals surface area contributed by atoms with E-state index >= 15 is 0 Å². The highest BCUT2D eigenvalue weighted by Gasteiger charge is 2.63. The Kier molecular flexibility index (Phi) is 5.32. The topological polar surface area (TPSA) is 76.0 Å². The van der Waals surface area contributed by atoms with Gasteiger partial charge in [0, 0.05) is 18.3 Å². The molecule has 0 aromatic rings. The van der Waals surface area contributed by atoms with Crippen LogP contribution in [0.2, 0.25) is 0 Å². The maximum absolute atomic E-state index is 11.8. The number of fused-ring (bicyclic) bond motifs is 5. The second-order valence-corrected chi connectivity index (χ2v) is 11.4. The molecular formula is C25H33BrO5. The summed E-state index contributed by atoms with van der Waals surface area (Å²) in [6, 6.07) is 0. The molecule has 31 heavy (non-hydrogen) atoms. The van der Waals surface area contributed by atoms with Crippen molar-refractivity contribution >= 4 is 21.9 Å². The molecule has 5 nitrogen and oxygen atoms in total. The van der Waals surface area contributed by atoms with Crippen molar-refractivity contribution < 1.29 is 24.5 Å². The van der Waals surface area contributed by atoms with E-state index in [1.54, 1.807) is 0 Å². The van der Waals surface area contributed by atoms with Crippen LogP contribution >= 0.6 is 15.9 Å². The molecule has 3 saturated carbocycles. The quantitative estimate of drug-likeness (QED) is 0.331. The monoisotopic (exact) mass is 492 g/mol. The average molecular weight is 493 g/mol.